The summed E-state index contributed by atoms with van der Waals surface area (Å²) >= 11 is 12.2. The highest BCUT2D eigenvalue weighted by atomic mass is 35.5. The summed E-state index contributed by atoms with van der Waals surface area (Å²) < 4.78 is 19.6. The van der Waals surface area contributed by atoms with E-state index >= 15 is 0 Å². The molecule has 6 rings (SSSR count). The summed E-state index contributed by atoms with van der Waals surface area (Å²) in [6.07, 6.45) is 0.311. The maximum atomic E-state index is 14.0. The molecule has 0 aliphatic carbocycles. The number of methoxy groups -OCH3 is 1. The van der Waals surface area contributed by atoms with E-state index in [0.29, 0.717) is 54.5 Å². The number of pyridine rings is 1. The lowest BCUT2D eigenvalue weighted by molar-refractivity contribution is -0.171. The summed E-state index contributed by atoms with van der Waals surface area (Å²) in [5.41, 5.74) is 0.660. The fourth-order valence-electron chi connectivity index (χ4n) is 5.72. The Kier molecular flexibility index (Phi) is 6.92. The molecule has 2 heterocycles. The summed E-state index contributed by atoms with van der Waals surface area (Å²) in [5, 5.41) is 15.4. The molecule has 9 heteroatoms. The number of ether oxygens (including phenoxy) is 3. The third kappa shape index (κ3) is 4.58. The van der Waals surface area contributed by atoms with Crippen molar-refractivity contribution in [3.63, 3.8) is 0 Å². The van der Waals surface area contributed by atoms with Crippen LogP contribution in [0.1, 0.15) is 31.1 Å². The molecule has 0 saturated heterocycles. The largest absolute Gasteiger partial charge is 0.496 e. The first-order chi connectivity index (χ1) is 20.0. The number of aliphatic hydroxyl groups excluding tert-OH is 1. The predicted octanol–water partition coefficient (Wildman–Crippen LogP) is 6.99. The lowest BCUT2D eigenvalue weighted by Crippen LogP contribution is -2.51. The molecule has 7 nitrogen and oxygen atoms in total. The number of benzene rings is 4. The highest BCUT2D eigenvalue weighted by Gasteiger charge is 2.47. The van der Waals surface area contributed by atoms with Crippen molar-refractivity contribution in [3.8, 4) is 11.5 Å². The second kappa shape index (κ2) is 10.3. The predicted molar refractivity (Wildman–Crippen MR) is 166 cm³/mol. The summed E-state index contributed by atoms with van der Waals surface area (Å²) in [6.45, 7) is 3.44. The topological polar surface area (TPSA) is 87.0 Å². The van der Waals surface area contributed by atoms with E-state index in [1.807, 2.05) is 48.0 Å². The van der Waals surface area contributed by atoms with Crippen molar-refractivity contribution in [2.75, 3.05) is 7.11 Å². The second-order valence-electron chi connectivity index (χ2n) is 10.8. The van der Waals surface area contributed by atoms with Crippen LogP contribution in [0.25, 0.3) is 38.7 Å². The molecule has 42 heavy (non-hydrogen) atoms. The number of aliphatic hydroxyl groups is 1. The number of halogens is 2. The van der Waals surface area contributed by atoms with Gasteiger partial charge in [0.2, 0.25) is 5.43 Å². The zero-order valence-electron chi connectivity index (χ0n) is 23.3. The standard InChI is InChI=1S/C33H27Cl2NO6/c1-33(2)32(41-26(37)12-10-17-9-11-20(34)15-22(17)35)31(39)28-25(42-33)16-24(40-4)27-29(28)36(3)23-14-19-8-6-5-7-18(19)13-21(23)30(27)38/h5-16,31-32,39H,1-4H3/b12-10+/t31-,32-/m1/s1. The van der Waals surface area contributed by atoms with Gasteiger partial charge in [0.05, 0.1) is 29.1 Å². The minimum atomic E-state index is -1.32. The molecule has 0 unspecified atom stereocenters. The fourth-order valence-corrected chi connectivity index (χ4v) is 6.19. The lowest BCUT2D eigenvalue weighted by atomic mass is 9.86. The smallest absolute Gasteiger partial charge is 0.331 e. The molecule has 1 aliphatic heterocycles. The number of fused-ring (bicyclic) bond motifs is 5. The molecular formula is C33H27Cl2NO6. The van der Waals surface area contributed by atoms with Crippen LogP contribution in [-0.4, -0.2) is 34.5 Å². The minimum absolute atomic E-state index is 0.239. The van der Waals surface area contributed by atoms with Gasteiger partial charge in [-0.05, 0) is 60.5 Å². The van der Waals surface area contributed by atoms with E-state index in [0.717, 1.165) is 10.8 Å². The van der Waals surface area contributed by atoms with Gasteiger partial charge in [0.1, 0.15) is 23.2 Å². The van der Waals surface area contributed by atoms with E-state index in [4.69, 9.17) is 37.4 Å². The molecule has 214 valence electrons. The third-order valence-electron chi connectivity index (χ3n) is 7.76. The minimum Gasteiger partial charge on any atom is -0.496 e. The van der Waals surface area contributed by atoms with Crippen LogP contribution in [0, 0.1) is 0 Å². The summed E-state index contributed by atoms with van der Waals surface area (Å²) in [7, 11) is 3.31. The van der Waals surface area contributed by atoms with Crippen LogP contribution in [0.5, 0.6) is 11.5 Å². The van der Waals surface area contributed by atoms with Gasteiger partial charge >= 0.3 is 5.97 Å². The van der Waals surface area contributed by atoms with E-state index < -0.39 is 23.8 Å². The van der Waals surface area contributed by atoms with Crippen molar-refractivity contribution in [3.05, 3.63) is 98.1 Å². The van der Waals surface area contributed by atoms with Crippen LogP contribution in [0.15, 0.2) is 71.5 Å². The molecule has 0 amide bonds. The Hall–Kier alpha value is -4.04. The molecule has 0 saturated carbocycles. The highest BCUT2D eigenvalue weighted by Crippen LogP contribution is 2.47. The Bertz CT molecular complexity index is 2010. The number of hydrogen-bond donors (Lipinski definition) is 1. The number of hydrogen-bond acceptors (Lipinski definition) is 6. The van der Waals surface area contributed by atoms with Crippen LogP contribution in [0.3, 0.4) is 0 Å². The van der Waals surface area contributed by atoms with Gasteiger partial charge in [-0.15, -0.1) is 0 Å². The van der Waals surface area contributed by atoms with Crippen molar-refractivity contribution in [2.45, 2.75) is 31.7 Å². The molecule has 0 fully saturated rings. The van der Waals surface area contributed by atoms with Crippen LogP contribution >= 0.6 is 23.2 Å². The van der Waals surface area contributed by atoms with E-state index in [1.165, 1.54) is 19.3 Å². The molecule has 1 N–H and O–H groups in total. The molecule has 4 aromatic carbocycles. The Morgan fingerprint density at radius 1 is 1.07 bits per heavy atom. The molecular weight excluding hydrogens is 577 g/mol. The first-order valence-corrected chi connectivity index (χ1v) is 14.0. The average molecular weight is 604 g/mol. The van der Waals surface area contributed by atoms with Gasteiger partial charge in [0, 0.05) is 34.6 Å². The van der Waals surface area contributed by atoms with Crippen LogP contribution in [0.4, 0.5) is 0 Å². The first kappa shape index (κ1) is 28.1. The van der Waals surface area contributed by atoms with E-state index in [1.54, 1.807) is 38.1 Å². The van der Waals surface area contributed by atoms with Crippen LogP contribution in [0.2, 0.25) is 10.0 Å². The maximum absolute atomic E-state index is 14.0. The SMILES string of the molecule is COc1cc2c(c3c1c(=O)c1cc4ccccc4cc1n3C)[C@@H](O)[C@@H](OC(=O)/C=C/c1ccc(Cl)cc1Cl)C(C)(C)O2. The Morgan fingerprint density at radius 3 is 2.48 bits per heavy atom. The van der Waals surface area contributed by atoms with Crippen LogP contribution < -0.4 is 14.9 Å². The Labute approximate surface area is 251 Å². The van der Waals surface area contributed by atoms with Gasteiger partial charge in [-0.2, -0.15) is 0 Å². The zero-order chi connectivity index (χ0) is 29.9. The Balaban J connectivity index is 1.49. The number of aryl methyl sites for hydroxylation is 1. The lowest BCUT2D eigenvalue weighted by Gasteiger charge is -2.42. The molecule has 5 aromatic rings. The summed E-state index contributed by atoms with van der Waals surface area (Å²) in [6, 6.07) is 18.1. The molecule has 0 radical (unpaired) electrons. The van der Waals surface area contributed by atoms with E-state index in [9.17, 15) is 14.7 Å². The van der Waals surface area contributed by atoms with Crippen molar-refractivity contribution >= 4 is 67.8 Å². The quantitative estimate of drug-likeness (QED) is 0.135. The Morgan fingerprint density at radius 2 is 1.79 bits per heavy atom. The summed E-state index contributed by atoms with van der Waals surface area (Å²) in [5.74, 6) is -0.0442. The molecule has 1 aromatic heterocycles. The normalized spacial score (nSPS) is 17.9. The number of aromatic nitrogens is 1. The second-order valence-corrected chi connectivity index (χ2v) is 11.7. The van der Waals surface area contributed by atoms with Crippen molar-refractivity contribution in [2.24, 2.45) is 7.05 Å². The van der Waals surface area contributed by atoms with Gasteiger partial charge in [0.15, 0.2) is 6.10 Å². The van der Waals surface area contributed by atoms with Gasteiger partial charge < -0.3 is 23.9 Å². The zero-order valence-corrected chi connectivity index (χ0v) is 24.8. The van der Waals surface area contributed by atoms with Crippen molar-refractivity contribution < 1.29 is 24.1 Å². The van der Waals surface area contributed by atoms with Crippen molar-refractivity contribution in [1.82, 2.24) is 4.57 Å². The molecule has 1 aliphatic rings. The third-order valence-corrected chi connectivity index (χ3v) is 8.33. The molecule has 2 atom stereocenters. The van der Waals surface area contributed by atoms with Crippen LogP contribution in [-0.2, 0) is 16.6 Å². The van der Waals surface area contributed by atoms with E-state index in [2.05, 4.69) is 0 Å². The molecule has 0 bridgehead atoms. The number of rotatable bonds is 4. The maximum Gasteiger partial charge on any atom is 0.331 e. The number of carbonyl (C=O) groups is 1. The van der Waals surface area contributed by atoms with Gasteiger partial charge in [0.25, 0.3) is 0 Å². The fraction of sp³-hybridized carbons (Fsp3) is 0.212. The van der Waals surface area contributed by atoms with E-state index in [-0.39, 0.29) is 5.43 Å². The molecule has 0 spiro atoms. The first-order valence-electron chi connectivity index (χ1n) is 13.3. The van der Waals surface area contributed by atoms with Gasteiger partial charge in [-0.25, -0.2) is 4.79 Å². The number of nitrogens with zero attached hydrogens (tertiary/aromatic N) is 1. The van der Waals surface area contributed by atoms with Crippen molar-refractivity contribution in [1.29, 1.82) is 0 Å². The van der Waals surface area contributed by atoms with Gasteiger partial charge in [-0.1, -0.05) is 53.5 Å². The number of esters is 1. The summed E-state index contributed by atoms with van der Waals surface area (Å²) in [4.78, 5) is 27.0. The monoisotopic (exact) mass is 603 g/mol. The highest BCUT2D eigenvalue weighted by molar-refractivity contribution is 6.35. The average Bonchev–Trinajstić information content (AvgIpc) is 2.95. The number of carbonyl (C=O) groups excluding carboxylic acids is 1. The van der Waals surface area contributed by atoms with Gasteiger partial charge in [-0.3, -0.25) is 4.79 Å².